The smallest absolute Gasteiger partial charge is 0.326 e. The number of hydrogen-bond donors (Lipinski definition) is 3. The number of carboxylic acids is 1. The summed E-state index contributed by atoms with van der Waals surface area (Å²) in [6.45, 7) is 3.17. The third kappa shape index (κ3) is 4.36. The minimum absolute atomic E-state index is 0.284. The summed E-state index contributed by atoms with van der Waals surface area (Å²) in [5, 5.41) is 15.5. The fraction of sp³-hybridized carbons (Fsp3) is 0.417. The van der Waals surface area contributed by atoms with Crippen LogP contribution < -0.4 is 10.6 Å². The number of carbonyl (C=O) groups is 3. The van der Waals surface area contributed by atoms with Gasteiger partial charge in [-0.05, 0) is 24.8 Å². The first kappa shape index (κ1) is 15.2. The van der Waals surface area contributed by atoms with Crippen LogP contribution in [-0.4, -0.2) is 35.0 Å². The Balaban J connectivity index is 2.53. The van der Waals surface area contributed by atoms with Crippen molar-refractivity contribution in [2.75, 3.05) is 0 Å². The molecule has 0 radical (unpaired) electrons. The van der Waals surface area contributed by atoms with Gasteiger partial charge in [-0.1, -0.05) is 13.0 Å². The second-order valence-corrected chi connectivity index (χ2v) is 4.93. The maximum atomic E-state index is 11.7. The zero-order valence-electron chi connectivity index (χ0n) is 10.7. The molecule has 0 saturated carbocycles. The van der Waals surface area contributed by atoms with E-state index < -0.39 is 24.0 Å². The molecule has 0 spiro atoms. The van der Waals surface area contributed by atoms with Gasteiger partial charge in [0, 0.05) is 0 Å². The Morgan fingerprint density at radius 3 is 2.53 bits per heavy atom. The third-order valence-electron chi connectivity index (χ3n) is 2.51. The maximum absolute atomic E-state index is 11.7. The van der Waals surface area contributed by atoms with E-state index in [4.69, 9.17) is 5.11 Å². The standard InChI is InChI=1S/C12H16N2O4S/c1-3-8(12(17)18)14-10(15)7(2)13-11(16)9-5-4-6-19-9/h4-8H,3H2,1-2H3,(H,13,16)(H,14,15)(H,17,18)/t7?,8-/m0/s1. The number of hydrogen-bond acceptors (Lipinski definition) is 4. The van der Waals surface area contributed by atoms with Crippen LogP contribution in [-0.2, 0) is 9.59 Å². The van der Waals surface area contributed by atoms with Crippen LogP contribution in [0.2, 0.25) is 0 Å². The molecular weight excluding hydrogens is 268 g/mol. The summed E-state index contributed by atoms with van der Waals surface area (Å²) in [5.74, 6) is -1.95. The van der Waals surface area contributed by atoms with Crippen LogP contribution >= 0.6 is 11.3 Å². The van der Waals surface area contributed by atoms with Gasteiger partial charge in [0.25, 0.3) is 5.91 Å². The van der Waals surface area contributed by atoms with E-state index in [2.05, 4.69) is 10.6 Å². The molecule has 1 rings (SSSR count). The molecule has 7 heteroatoms. The summed E-state index contributed by atoms with van der Waals surface area (Å²) < 4.78 is 0. The second kappa shape index (κ2) is 6.89. The van der Waals surface area contributed by atoms with E-state index in [-0.39, 0.29) is 12.3 Å². The van der Waals surface area contributed by atoms with Crippen LogP contribution in [0.5, 0.6) is 0 Å². The number of thiophene rings is 1. The zero-order valence-corrected chi connectivity index (χ0v) is 11.5. The Morgan fingerprint density at radius 1 is 1.37 bits per heavy atom. The lowest BCUT2D eigenvalue weighted by Crippen LogP contribution is -2.50. The third-order valence-corrected chi connectivity index (χ3v) is 3.38. The quantitative estimate of drug-likeness (QED) is 0.721. The Labute approximate surface area is 114 Å². The van der Waals surface area contributed by atoms with Crippen molar-refractivity contribution >= 4 is 29.1 Å². The fourth-order valence-corrected chi connectivity index (χ4v) is 2.00. The SMILES string of the molecule is CC[C@H](NC(=O)C(C)NC(=O)c1cccs1)C(=O)O. The highest BCUT2D eigenvalue weighted by Gasteiger charge is 2.22. The topological polar surface area (TPSA) is 95.5 Å². The van der Waals surface area contributed by atoms with Crippen LogP contribution in [0.3, 0.4) is 0 Å². The Kier molecular flexibility index (Phi) is 5.50. The molecule has 0 bridgehead atoms. The van der Waals surface area contributed by atoms with Crippen LogP contribution in [0.4, 0.5) is 0 Å². The number of amides is 2. The van der Waals surface area contributed by atoms with Crippen LogP contribution in [0.1, 0.15) is 29.9 Å². The van der Waals surface area contributed by atoms with Crippen molar-refractivity contribution in [1.29, 1.82) is 0 Å². The minimum atomic E-state index is -1.09. The van der Waals surface area contributed by atoms with Crippen molar-refractivity contribution in [3.63, 3.8) is 0 Å². The molecule has 19 heavy (non-hydrogen) atoms. The van der Waals surface area contributed by atoms with Gasteiger partial charge in [0.05, 0.1) is 4.88 Å². The number of carbonyl (C=O) groups excluding carboxylic acids is 2. The molecule has 0 aliphatic rings. The van der Waals surface area contributed by atoms with Crippen LogP contribution in [0, 0.1) is 0 Å². The van der Waals surface area contributed by atoms with Crippen molar-refractivity contribution in [1.82, 2.24) is 10.6 Å². The number of carboxylic acid groups (broad SMARTS) is 1. The maximum Gasteiger partial charge on any atom is 0.326 e. The molecule has 0 fully saturated rings. The fourth-order valence-electron chi connectivity index (χ4n) is 1.38. The summed E-state index contributed by atoms with van der Waals surface area (Å²) in [6, 6.07) is 1.66. The number of rotatable bonds is 6. The molecule has 1 unspecified atom stereocenters. The van der Waals surface area contributed by atoms with Crippen molar-refractivity contribution in [3.05, 3.63) is 22.4 Å². The predicted octanol–water partition coefficient (Wildman–Crippen LogP) is 0.846. The number of aliphatic carboxylic acids is 1. The number of nitrogens with one attached hydrogen (secondary N) is 2. The summed E-state index contributed by atoms with van der Waals surface area (Å²) in [4.78, 5) is 34.8. The van der Waals surface area contributed by atoms with Crippen LogP contribution in [0.25, 0.3) is 0 Å². The molecule has 1 heterocycles. The molecule has 6 nitrogen and oxygen atoms in total. The Morgan fingerprint density at radius 2 is 2.05 bits per heavy atom. The Bertz CT molecular complexity index is 458. The lowest BCUT2D eigenvalue weighted by atomic mass is 10.2. The van der Waals surface area contributed by atoms with E-state index in [1.165, 1.54) is 18.3 Å². The molecular formula is C12H16N2O4S. The molecule has 104 valence electrons. The Hall–Kier alpha value is -1.89. The summed E-state index contributed by atoms with van der Waals surface area (Å²) in [5.41, 5.74) is 0. The van der Waals surface area contributed by atoms with Gasteiger partial charge in [0.2, 0.25) is 5.91 Å². The van der Waals surface area contributed by atoms with Gasteiger partial charge < -0.3 is 15.7 Å². The summed E-state index contributed by atoms with van der Waals surface area (Å²) in [6.07, 6.45) is 0.284. The van der Waals surface area contributed by atoms with Gasteiger partial charge in [0.15, 0.2) is 0 Å². The molecule has 1 aromatic rings. The molecule has 2 amide bonds. The highest BCUT2D eigenvalue weighted by molar-refractivity contribution is 7.12. The first-order chi connectivity index (χ1) is 8.95. The van der Waals surface area contributed by atoms with E-state index in [0.717, 1.165) is 0 Å². The van der Waals surface area contributed by atoms with Crippen LogP contribution in [0.15, 0.2) is 17.5 Å². The summed E-state index contributed by atoms with van der Waals surface area (Å²) >= 11 is 1.27. The molecule has 0 aliphatic heterocycles. The first-order valence-corrected chi connectivity index (χ1v) is 6.71. The zero-order chi connectivity index (χ0) is 14.4. The molecule has 2 atom stereocenters. The van der Waals surface area contributed by atoms with E-state index in [9.17, 15) is 14.4 Å². The molecule has 3 N–H and O–H groups in total. The molecule has 1 aromatic heterocycles. The van der Waals surface area contributed by atoms with Crippen molar-refractivity contribution in [2.45, 2.75) is 32.4 Å². The normalized spacial score (nSPS) is 13.4. The summed E-state index contributed by atoms with van der Waals surface area (Å²) in [7, 11) is 0. The molecule has 0 saturated heterocycles. The lowest BCUT2D eigenvalue weighted by Gasteiger charge is -2.17. The van der Waals surface area contributed by atoms with E-state index in [1.807, 2.05) is 0 Å². The van der Waals surface area contributed by atoms with Crippen molar-refractivity contribution in [3.8, 4) is 0 Å². The van der Waals surface area contributed by atoms with Gasteiger partial charge in [-0.25, -0.2) is 4.79 Å². The largest absolute Gasteiger partial charge is 0.480 e. The van der Waals surface area contributed by atoms with E-state index >= 15 is 0 Å². The van der Waals surface area contributed by atoms with Crippen molar-refractivity contribution < 1.29 is 19.5 Å². The van der Waals surface area contributed by atoms with E-state index in [0.29, 0.717) is 4.88 Å². The predicted molar refractivity (Wildman–Crippen MR) is 71.1 cm³/mol. The molecule has 0 aliphatic carbocycles. The first-order valence-electron chi connectivity index (χ1n) is 5.83. The van der Waals surface area contributed by atoms with Gasteiger partial charge in [-0.2, -0.15) is 0 Å². The second-order valence-electron chi connectivity index (χ2n) is 3.98. The van der Waals surface area contributed by atoms with Gasteiger partial charge in [-0.3, -0.25) is 9.59 Å². The average molecular weight is 284 g/mol. The van der Waals surface area contributed by atoms with Gasteiger partial charge in [-0.15, -0.1) is 11.3 Å². The van der Waals surface area contributed by atoms with Gasteiger partial charge in [0.1, 0.15) is 12.1 Å². The molecule has 0 aromatic carbocycles. The highest BCUT2D eigenvalue weighted by atomic mass is 32.1. The monoisotopic (exact) mass is 284 g/mol. The average Bonchev–Trinajstić information content (AvgIpc) is 2.88. The van der Waals surface area contributed by atoms with Gasteiger partial charge >= 0.3 is 5.97 Å². The highest BCUT2D eigenvalue weighted by Crippen LogP contribution is 2.08. The van der Waals surface area contributed by atoms with E-state index in [1.54, 1.807) is 24.4 Å². The minimum Gasteiger partial charge on any atom is -0.480 e. The lowest BCUT2D eigenvalue weighted by molar-refractivity contribution is -0.142. The van der Waals surface area contributed by atoms with Crippen molar-refractivity contribution in [2.24, 2.45) is 0 Å².